The van der Waals surface area contributed by atoms with Crippen molar-refractivity contribution in [2.75, 3.05) is 18.5 Å². The predicted molar refractivity (Wildman–Crippen MR) is 57.5 cm³/mol. The summed E-state index contributed by atoms with van der Waals surface area (Å²) in [5.41, 5.74) is 0.117. The summed E-state index contributed by atoms with van der Waals surface area (Å²) < 4.78 is 9.84. The van der Waals surface area contributed by atoms with Gasteiger partial charge in [0.15, 0.2) is 5.69 Å². The van der Waals surface area contributed by atoms with Crippen molar-refractivity contribution < 1.29 is 18.7 Å². The van der Waals surface area contributed by atoms with Crippen LogP contribution in [0.25, 0.3) is 0 Å². The molecule has 1 aliphatic heterocycles. The second kappa shape index (κ2) is 4.86. The predicted octanol–water partition coefficient (Wildman–Crippen LogP) is 0.152. The van der Waals surface area contributed by atoms with Crippen molar-refractivity contribution in [3.8, 4) is 0 Å². The van der Waals surface area contributed by atoms with Crippen molar-refractivity contribution in [3.05, 3.63) is 12.0 Å². The number of hydrogen-bond donors (Lipinski definition) is 2. The Kier molecular flexibility index (Phi) is 3.27. The molecule has 0 bridgehead atoms. The van der Waals surface area contributed by atoms with Gasteiger partial charge in [0.05, 0.1) is 12.6 Å². The SMILES string of the molecule is CCOC(=O)c1coc(NC2CNC(=O)C2)n1. The topological polar surface area (TPSA) is 93.5 Å². The van der Waals surface area contributed by atoms with Gasteiger partial charge in [0.2, 0.25) is 5.91 Å². The summed E-state index contributed by atoms with van der Waals surface area (Å²) in [7, 11) is 0. The number of amides is 1. The number of ether oxygens (including phenoxy) is 1. The number of anilines is 1. The third kappa shape index (κ3) is 2.74. The monoisotopic (exact) mass is 239 g/mol. The number of aromatic nitrogens is 1. The molecule has 1 amide bonds. The Hall–Kier alpha value is -2.05. The van der Waals surface area contributed by atoms with Crippen molar-refractivity contribution in [2.45, 2.75) is 19.4 Å². The maximum absolute atomic E-state index is 11.3. The highest BCUT2D eigenvalue weighted by Crippen LogP contribution is 2.12. The fraction of sp³-hybridized carbons (Fsp3) is 0.500. The lowest BCUT2D eigenvalue weighted by Gasteiger charge is -2.06. The lowest BCUT2D eigenvalue weighted by atomic mass is 10.3. The molecule has 2 N–H and O–H groups in total. The first-order valence-corrected chi connectivity index (χ1v) is 5.35. The summed E-state index contributed by atoms with van der Waals surface area (Å²) in [5, 5.41) is 5.60. The Balaban J connectivity index is 1.94. The third-order valence-corrected chi connectivity index (χ3v) is 2.29. The van der Waals surface area contributed by atoms with Crippen molar-refractivity contribution in [1.82, 2.24) is 10.3 Å². The van der Waals surface area contributed by atoms with Crippen LogP contribution < -0.4 is 10.6 Å². The number of esters is 1. The molecule has 1 saturated heterocycles. The molecular formula is C10H13N3O4. The van der Waals surface area contributed by atoms with E-state index in [1.807, 2.05) is 0 Å². The van der Waals surface area contributed by atoms with E-state index < -0.39 is 5.97 Å². The van der Waals surface area contributed by atoms with Gasteiger partial charge in [0.1, 0.15) is 6.26 Å². The van der Waals surface area contributed by atoms with Gasteiger partial charge in [-0.3, -0.25) is 4.79 Å². The molecule has 1 unspecified atom stereocenters. The quantitative estimate of drug-likeness (QED) is 0.726. The summed E-state index contributed by atoms with van der Waals surface area (Å²) in [4.78, 5) is 26.2. The summed E-state index contributed by atoms with van der Waals surface area (Å²) in [5.74, 6) is -0.537. The van der Waals surface area contributed by atoms with E-state index in [4.69, 9.17) is 9.15 Å². The van der Waals surface area contributed by atoms with Crippen molar-refractivity contribution >= 4 is 17.9 Å². The lowest BCUT2D eigenvalue weighted by Crippen LogP contribution is -2.22. The van der Waals surface area contributed by atoms with Crippen LogP contribution in [0.15, 0.2) is 10.7 Å². The minimum Gasteiger partial charge on any atom is -0.461 e. The van der Waals surface area contributed by atoms with E-state index in [0.717, 1.165) is 0 Å². The molecule has 1 fully saturated rings. The number of nitrogens with zero attached hydrogens (tertiary/aromatic N) is 1. The summed E-state index contributed by atoms with van der Waals surface area (Å²) >= 11 is 0. The summed E-state index contributed by atoms with van der Waals surface area (Å²) in [6.07, 6.45) is 1.60. The number of oxazole rings is 1. The molecule has 7 nitrogen and oxygen atoms in total. The molecule has 92 valence electrons. The van der Waals surface area contributed by atoms with Crippen LogP contribution in [0.4, 0.5) is 6.01 Å². The Bertz CT molecular complexity index is 429. The fourth-order valence-corrected chi connectivity index (χ4v) is 1.52. The molecule has 2 rings (SSSR count). The molecule has 0 radical (unpaired) electrons. The largest absolute Gasteiger partial charge is 0.461 e. The van der Waals surface area contributed by atoms with Crippen LogP contribution in [0.2, 0.25) is 0 Å². The Morgan fingerprint density at radius 3 is 3.24 bits per heavy atom. The molecule has 7 heteroatoms. The van der Waals surface area contributed by atoms with Crippen LogP contribution in [0.3, 0.4) is 0 Å². The maximum Gasteiger partial charge on any atom is 0.360 e. The molecule has 0 aliphatic carbocycles. The van der Waals surface area contributed by atoms with E-state index in [1.54, 1.807) is 6.92 Å². The number of carbonyl (C=O) groups is 2. The molecule has 0 aromatic carbocycles. The molecule has 1 atom stereocenters. The standard InChI is InChI=1S/C10H13N3O4/c1-2-16-9(15)7-5-17-10(13-7)12-6-3-8(14)11-4-6/h5-6H,2-4H2,1H3,(H,11,14)(H,12,13). The number of rotatable bonds is 4. The lowest BCUT2D eigenvalue weighted by molar-refractivity contribution is -0.119. The Morgan fingerprint density at radius 1 is 1.76 bits per heavy atom. The molecule has 2 heterocycles. The Morgan fingerprint density at radius 2 is 2.59 bits per heavy atom. The molecule has 0 spiro atoms. The van der Waals surface area contributed by atoms with Gasteiger partial charge in [-0.2, -0.15) is 4.98 Å². The van der Waals surface area contributed by atoms with E-state index in [9.17, 15) is 9.59 Å². The molecule has 1 aromatic heterocycles. The van der Waals surface area contributed by atoms with Crippen molar-refractivity contribution in [1.29, 1.82) is 0 Å². The molecule has 17 heavy (non-hydrogen) atoms. The van der Waals surface area contributed by atoms with Crippen LogP contribution >= 0.6 is 0 Å². The average Bonchev–Trinajstić information content (AvgIpc) is 2.89. The van der Waals surface area contributed by atoms with Crippen LogP contribution in [-0.4, -0.2) is 36.1 Å². The first kappa shape index (κ1) is 11.4. The van der Waals surface area contributed by atoms with E-state index in [2.05, 4.69) is 15.6 Å². The maximum atomic E-state index is 11.3. The Labute approximate surface area is 97.5 Å². The van der Waals surface area contributed by atoms with Crippen LogP contribution in [-0.2, 0) is 9.53 Å². The minimum absolute atomic E-state index is 0.0142. The average molecular weight is 239 g/mol. The van der Waals surface area contributed by atoms with Gasteiger partial charge >= 0.3 is 5.97 Å². The molecule has 1 aromatic rings. The fourth-order valence-electron chi connectivity index (χ4n) is 1.52. The first-order chi connectivity index (χ1) is 8.19. The van der Waals surface area contributed by atoms with Crippen molar-refractivity contribution in [3.63, 3.8) is 0 Å². The van der Waals surface area contributed by atoms with Crippen LogP contribution in [0.1, 0.15) is 23.8 Å². The summed E-state index contributed by atoms with van der Waals surface area (Å²) in [6.45, 7) is 2.53. The van der Waals surface area contributed by atoms with E-state index in [0.29, 0.717) is 13.0 Å². The number of carbonyl (C=O) groups excluding carboxylic acids is 2. The highest BCUT2D eigenvalue weighted by atomic mass is 16.5. The van der Waals surface area contributed by atoms with Crippen LogP contribution in [0.5, 0.6) is 0 Å². The van der Waals surface area contributed by atoms with E-state index in [-0.39, 0.29) is 30.3 Å². The van der Waals surface area contributed by atoms with Gasteiger partial charge in [-0.05, 0) is 6.92 Å². The van der Waals surface area contributed by atoms with Gasteiger partial charge in [-0.15, -0.1) is 0 Å². The van der Waals surface area contributed by atoms with E-state index >= 15 is 0 Å². The zero-order valence-corrected chi connectivity index (χ0v) is 9.36. The third-order valence-electron chi connectivity index (χ3n) is 2.29. The van der Waals surface area contributed by atoms with E-state index in [1.165, 1.54) is 6.26 Å². The van der Waals surface area contributed by atoms with Crippen molar-refractivity contribution in [2.24, 2.45) is 0 Å². The molecular weight excluding hydrogens is 226 g/mol. The normalized spacial score (nSPS) is 18.9. The second-order valence-electron chi connectivity index (χ2n) is 3.61. The van der Waals surface area contributed by atoms with Gasteiger partial charge in [-0.25, -0.2) is 4.79 Å². The zero-order chi connectivity index (χ0) is 12.3. The van der Waals surface area contributed by atoms with Gasteiger partial charge in [0, 0.05) is 13.0 Å². The van der Waals surface area contributed by atoms with Gasteiger partial charge in [-0.1, -0.05) is 0 Å². The number of nitrogens with one attached hydrogen (secondary N) is 2. The second-order valence-corrected chi connectivity index (χ2v) is 3.61. The van der Waals surface area contributed by atoms with Gasteiger partial charge < -0.3 is 19.8 Å². The van der Waals surface area contributed by atoms with Gasteiger partial charge in [0.25, 0.3) is 6.01 Å². The highest BCUT2D eigenvalue weighted by Gasteiger charge is 2.23. The first-order valence-electron chi connectivity index (χ1n) is 5.35. The minimum atomic E-state index is -0.523. The molecule has 0 saturated carbocycles. The highest BCUT2D eigenvalue weighted by molar-refractivity contribution is 5.87. The van der Waals surface area contributed by atoms with Crippen LogP contribution in [0, 0.1) is 0 Å². The summed E-state index contributed by atoms with van der Waals surface area (Å²) in [6, 6.07) is 0.158. The number of hydrogen-bond acceptors (Lipinski definition) is 6. The smallest absolute Gasteiger partial charge is 0.360 e. The zero-order valence-electron chi connectivity index (χ0n) is 9.36. The molecule has 1 aliphatic rings.